The third-order valence-corrected chi connectivity index (χ3v) is 6.31. The summed E-state index contributed by atoms with van der Waals surface area (Å²) in [6.45, 7) is 2.22. The van der Waals surface area contributed by atoms with E-state index in [1.54, 1.807) is 12.1 Å². The number of carbonyl (C=O) groups excluding carboxylic acids is 1. The molecule has 1 saturated heterocycles. The van der Waals surface area contributed by atoms with Crippen molar-refractivity contribution in [2.24, 2.45) is 0 Å². The number of anilines is 3. The molecule has 1 fully saturated rings. The van der Waals surface area contributed by atoms with E-state index in [-0.39, 0.29) is 5.91 Å². The molecule has 8 heteroatoms. The number of hydrogen-bond acceptors (Lipinski definition) is 6. The highest BCUT2D eigenvalue weighted by molar-refractivity contribution is 6.07. The molecule has 1 aliphatic heterocycles. The molecule has 2 aromatic heterocycles. The van der Waals surface area contributed by atoms with Gasteiger partial charge < -0.3 is 15.5 Å². The van der Waals surface area contributed by atoms with Crippen LogP contribution in [0.15, 0.2) is 60.7 Å². The number of nitrogens with zero attached hydrogens (tertiary/aromatic N) is 4. The fraction of sp³-hybridized carbons (Fsp3) is 0.231. The summed E-state index contributed by atoms with van der Waals surface area (Å²) in [5.74, 6) is 1.42. The van der Waals surface area contributed by atoms with Crippen LogP contribution in [0.25, 0.3) is 11.0 Å². The molecule has 0 radical (unpaired) electrons. The SMILES string of the molecule is CN1CCC(c2ccc(C(=O)Nc3n[nH]c4nc(Nc5ccc(C#N)cc5)ccc34)cc2)CC1. The Bertz CT molecular complexity index is 1340. The number of piperidine rings is 1. The van der Waals surface area contributed by atoms with E-state index in [1.165, 1.54) is 5.56 Å². The summed E-state index contributed by atoms with van der Waals surface area (Å²) in [6, 6.07) is 20.8. The van der Waals surface area contributed by atoms with Crippen LogP contribution in [-0.2, 0) is 0 Å². The van der Waals surface area contributed by atoms with Gasteiger partial charge in [-0.3, -0.25) is 9.89 Å². The maximum atomic E-state index is 12.8. The number of nitrogens with one attached hydrogen (secondary N) is 3. The lowest BCUT2D eigenvalue weighted by atomic mass is 9.89. The average molecular weight is 452 g/mol. The number of pyridine rings is 1. The third kappa shape index (κ3) is 4.60. The number of carbonyl (C=O) groups is 1. The zero-order valence-corrected chi connectivity index (χ0v) is 18.9. The predicted octanol–water partition coefficient (Wildman–Crippen LogP) is 4.63. The molecule has 0 spiro atoms. The molecule has 4 aromatic rings. The van der Waals surface area contributed by atoms with Crippen LogP contribution in [0.3, 0.4) is 0 Å². The first-order valence-corrected chi connectivity index (χ1v) is 11.3. The summed E-state index contributed by atoms with van der Waals surface area (Å²) in [5, 5.41) is 22.9. The molecule has 3 N–H and O–H groups in total. The van der Waals surface area contributed by atoms with E-state index in [9.17, 15) is 4.79 Å². The second-order valence-electron chi connectivity index (χ2n) is 8.63. The topological polar surface area (TPSA) is 110 Å². The van der Waals surface area contributed by atoms with Gasteiger partial charge in [0.05, 0.1) is 17.0 Å². The number of H-pyrrole nitrogens is 1. The van der Waals surface area contributed by atoms with Crippen LogP contribution in [0.4, 0.5) is 17.3 Å². The van der Waals surface area contributed by atoms with Crippen molar-refractivity contribution in [3.63, 3.8) is 0 Å². The normalized spacial score (nSPS) is 14.6. The van der Waals surface area contributed by atoms with Crippen molar-refractivity contribution in [2.45, 2.75) is 18.8 Å². The monoisotopic (exact) mass is 451 g/mol. The Morgan fingerprint density at radius 1 is 1.06 bits per heavy atom. The number of fused-ring (bicyclic) bond motifs is 1. The second kappa shape index (κ2) is 9.33. The van der Waals surface area contributed by atoms with Gasteiger partial charge in [0.25, 0.3) is 5.91 Å². The maximum absolute atomic E-state index is 12.8. The van der Waals surface area contributed by atoms with Gasteiger partial charge >= 0.3 is 0 Å². The Kier molecular flexibility index (Phi) is 5.93. The van der Waals surface area contributed by atoms with Gasteiger partial charge in [-0.2, -0.15) is 10.4 Å². The smallest absolute Gasteiger partial charge is 0.256 e. The number of nitriles is 1. The van der Waals surface area contributed by atoms with Gasteiger partial charge in [0.15, 0.2) is 11.5 Å². The summed E-state index contributed by atoms with van der Waals surface area (Å²) < 4.78 is 0. The Hall–Kier alpha value is -4.22. The van der Waals surface area contributed by atoms with Gasteiger partial charge in [-0.1, -0.05) is 12.1 Å². The molecule has 170 valence electrons. The second-order valence-corrected chi connectivity index (χ2v) is 8.63. The van der Waals surface area contributed by atoms with E-state index in [0.29, 0.717) is 34.3 Å². The van der Waals surface area contributed by atoms with Crippen molar-refractivity contribution in [1.29, 1.82) is 5.26 Å². The van der Waals surface area contributed by atoms with E-state index in [0.717, 1.165) is 37.0 Å². The van der Waals surface area contributed by atoms with Gasteiger partial charge in [-0.05, 0) is 93.0 Å². The lowest BCUT2D eigenvalue weighted by Crippen LogP contribution is -2.29. The number of rotatable bonds is 5. The molecule has 0 saturated carbocycles. The van der Waals surface area contributed by atoms with Crippen molar-refractivity contribution in [2.75, 3.05) is 30.8 Å². The highest BCUT2D eigenvalue weighted by atomic mass is 16.1. The van der Waals surface area contributed by atoms with E-state index in [2.05, 4.69) is 56.0 Å². The predicted molar refractivity (Wildman–Crippen MR) is 132 cm³/mol. The summed E-state index contributed by atoms with van der Waals surface area (Å²) in [4.78, 5) is 19.7. The quantitative estimate of drug-likeness (QED) is 0.408. The van der Waals surface area contributed by atoms with Gasteiger partial charge in [-0.25, -0.2) is 4.98 Å². The summed E-state index contributed by atoms with van der Waals surface area (Å²) in [7, 11) is 2.16. The van der Waals surface area contributed by atoms with Crippen LogP contribution in [-0.4, -0.2) is 46.1 Å². The molecule has 5 rings (SSSR count). The van der Waals surface area contributed by atoms with Crippen molar-refractivity contribution >= 4 is 34.3 Å². The minimum absolute atomic E-state index is 0.205. The Morgan fingerprint density at radius 3 is 2.50 bits per heavy atom. The number of aromatic nitrogens is 3. The van der Waals surface area contributed by atoms with Gasteiger partial charge in [0.2, 0.25) is 0 Å². The molecule has 3 heterocycles. The van der Waals surface area contributed by atoms with E-state index >= 15 is 0 Å². The van der Waals surface area contributed by atoms with E-state index in [4.69, 9.17) is 5.26 Å². The molecule has 0 unspecified atom stereocenters. The fourth-order valence-electron chi connectivity index (χ4n) is 4.27. The lowest BCUT2D eigenvalue weighted by Gasteiger charge is -2.29. The van der Waals surface area contributed by atoms with Gasteiger partial charge in [0, 0.05) is 11.3 Å². The largest absolute Gasteiger partial charge is 0.340 e. The highest BCUT2D eigenvalue weighted by Gasteiger charge is 2.19. The first kappa shape index (κ1) is 21.6. The third-order valence-electron chi connectivity index (χ3n) is 6.31. The number of amides is 1. The van der Waals surface area contributed by atoms with Crippen LogP contribution >= 0.6 is 0 Å². The zero-order chi connectivity index (χ0) is 23.5. The van der Waals surface area contributed by atoms with Crippen molar-refractivity contribution in [1.82, 2.24) is 20.1 Å². The zero-order valence-electron chi connectivity index (χ0n) is 18.9. The summed E-state index contributed by atoms with van der Waals surface area (Å²) >= 11 is 0. The summed E-state index contributed by atoms with van der Waals surface area (Å²) in [6.07, 6.45) is 2.30. The summed E-state index contributed by atoms with van der Waals surface area (Å²) in [5.41, 5.74) is 3.87. The maximum Gasteiger partial charge on any atom is 0.256 e. The minimum Gasteiger partial charge on any atom is -0.340 e. The molecule has 34 heavy (non-hydrogen) atoms. The first-order chi connectivity index (χ1) is 16.6. The standard InChI is InChI=1S/C26H25N7O/c1-33-14-12-19(13-15-33)18-4-6-20(7-5-18)26(34)30-25-22-10-11-23(29-24(22)31-32-25)28-21-8-2-17(16-27)3-9-21/h2-11,19H,12-15H2,1H3,(H3,28,29,30,31,32,34). The molecule has 0 aliphatic carbocycles. The molecule has 1 amide bonds. The first-order valence-electron chi connectivity index (χ1n) is 11.3. The average Bonchev–Trinajstić information content (AvgIpc) is 3.27. The Labute approximate surface area is 197 Å². The Morgan fingerprint density at radius 2 is 1.79 bits per heavy atom. The van der Waals surface area contributed by atoms with Crippen molar-refractivity contribution in [3.8, 4) is 6.07 Å². The molecule has 1 aliphatic rings. The van der Waals surface area contributed by atoms with Crippen LogP contribution in [0.5, 0.6) is 0 Å². The molecular weight excluding hydrogens is 426 g/mol. The number of benzene rings is 2. The molecule has 0 bridgehead atoms. The van der Waals surface area contributed by atoms with E-state index < -0.39 is 0 Å². The minimum atomic E-state index is -0.205. The van der Waals surface area contributed by atoms with Gasteiger partial charge in [-0.15, -0.1) is 0 Å². The van der Waals surface area contributed by atoms with Crippen LogP contribution in [0.1, 0.15) is 40.2 Å². The molecule has 8 nitrogen and oxygen atoms in total. The molecular formula is C26H25N7O. The van der Waals surface area contributed by atoms with Crippen molar-refractivity contribution in [3.05, 3.63) is 77.4 Å². The van der Waals surface area contributed by atoms with E-state index in [1.807, 2.05) is 36.4 Å². The lowest BCUT2D eigenvalue weighted by molar-refractivity contribution is 0.102. The Balaban J connectivity index is 1.26. The van der Waals surface area contributed by atoms with Crippen LogP contribution < -0.4 is 10.6 Å². The number of likely N-dealkylation sites (tertiary alicyclic amines) is 1. The number of aromatic amines is 1. The fourth-order valence-corrected chi connectivity index (χ4v) is 4.27. The number of hydrogen-bond donors (Lipinski definition) is 3. The van der Waals surface area contributed by atoms with Crippen LogP contribution in [0.2, 0.25) is 0 Å². The van der Waals surface area contributed by atoms with Crippen LogP contribution in [0, 0.1) is 11.3 Å². The molecule has 2 aromatic carbocycles. The van der Waals surface area contributed by atoms with Gasteiger partial charge in [0.1, 0.15) is 5.82 Å². The molecule has 0 atom stereocenters. The highest BCUT2D eigenvalue weighted by Crippen LogP contribution is 2.28. The van der Waals surface area contributed by atoms with Crippen molar-refractivity contribution < 1.29 is 4.79 Å².